The summed E-state index contributed by atoms with van der Waals surface area (Å²) in [5.74, 6) is 6.54. The molecule has 1 heterocycles. The molecular weight excluding hydrogens is 202 g/mol. The molecule has 0 spiro atoms. The fourth-order valence-corrected chi connectivity index (χ4v) is 1.11. The number of nitrogens with two attached hydrogens (primary N) is 1. The predicted molar refractivity (Wildman–Crippen MR) is 65.5 cm³/mol. The molecule has 0 fully saturated rings. The van der Waals surface area contributed by atoms with Gasteiger partial charge in [0.1, 0.15) is 0 Å². The molecule has 0 amide bonds. The van der Waals surface area contributed by atoms with Crippen LogP contribution in [-0.2, 0) is 6.54 Å². The van der Waals surface area contributed by atoms with E-state index >= 15 is 0 Å². The van der Waals surface area contributed by atoms with Gasteiger partial charge in [-0.2, -0.15) is 0 Å². The highest BCUT2D eigenvalue weighted by Gasteiger charge is 1.97. The van der Waals surface area contributed by atoms with Crippen LogP contribution in [0.2, 0.25) is 0 Å². The Morgan fingerprint density at radius 2 is 2.12 bits per heavy atom. The van der Waals surface area contributed by atoms with Crippen molar-refractivity contribution in [2.45, 2.75) is 20.4 Å². The van der Waals surface area contributed by atoms with Gasteiger partial charge in [0.05, 0.1) is 6.54 Å². The van der Waals surface area contributed by atoms with Crippen LogP contribution in [0.3, 0.4) is 0 Å². The Morgan fingerprint density at radius 3 is 2.69 bits per heavy atom. The molecule has 0 saturated carbocycles. The zero-order valence-corrected chi connectivity index (χ0v) is 9.77. The summed E-state index contributed by atoms with van der Waals surface area (Å²) < 4.78 is 0. The second-order valence-electron chi connectivity index (χ2n) is 3.94. The van der Waals surface area contributed by atoms with Gasteiger partial charge in [-0.25, -0.2) is 10.8 Å². The van der Waals surface area contributed by atoms with Crippen LogP contribution in [0.1, 0.15) is 19.4 Å². The normalized spacial score (nSPS) is 11.6. The zero-order valence-electron chi connectivity index (χ0n) is 9.77. The minimum Gasteiger partial charge on any atom is -0.355 e. The fraction of sp³-hybridized carbons (Fsp3) is 0.455. The van der Waals surface area contributed by atoms with E-state index in [2.05, 4.69) is 34.6 Å². The first-order valence-electron chi connectivity index (χ1n) is 5.36. The van der Waals surface area contributed by atoms with Crippen LogP contribution in [0.4, 0.5) is 0 Å². The third kappa shape index (κ3) is 4.75. The number of pyridine rings is 1. The largest absolute Gasteiger partial charge is 0.355 e. The van der Waals surface area contributed by atoms with Gasteiger partial charge >= 0.3 is 0 Å². The highest BCUT2D eigenvalue weighted by atomic mass is 15.3. The van der Waals surface area contributed by atoms with Gasteiger partial charge in [-0.1, -0.05) is 13.8 Å². The molecule has 88 valence electrons. The monoisotopic (exact) mass is 221 g/mol. The molecule has 5 nitrogen and oxygen atoms in total. The summed E-state index contributed by atoms with van der Waals surface area (Å²) in [5.41, 5.74) is 3.66. The van der Waals surface area contributed by atoms with Crippen LogP contribution in [0.15, 0.2) is 29.5 Å². The summed E-state index contributed by atoms with van der Waals surface area (Å²) in [6.45, 7) is 5.69. The minimum atomic E-state index is 0.555. The molecule has 0 unspecified atom stereocenters. The summed E-state index contributed by atoms with van der Waals surface area (Å²) in [7, 11) is 0. The predicted octanol–water partition coefficient (Wildman–Crippen LogP) is 0.647. The molecule has 0 aliphatic carbocycles. The molecule has 5 heteroatoms. The van der Waals surface area contributed by atoms with Crippen molar-refractivity contribution in [2.75, 3.05) is 6.54 Å². The van der Waals surface area contributed by atoms with Crippen molar-refractivity contribution in [3.05, 3.63) is 30.1 Å². The van der Waals surface area contributed by atoms with Crippen molar-refractivity contribution in [1.29, 1.82) is 0 Å². The molecule has 0 saturated heterocycles. The van der Waals surface area contributed by atoms with E-state index in [9.17, 15) is 0 Å². The van der Waals surface area contributed by atoms with E-state index in [-0.39, 0.29) is 0 Å². The minimum absolute atomic E-state index is 0.555. The molecule has 0 bridgehead atoms. The highest BCUT2D eigenvalue weighted by molar-refractivity contribution is 5.79. The van der Waals surface area contributed by atoms with E-state index < -0.39 is 0 Å². The smallest absolute Gasteiger partial charge is 0.206 e. The molecule has 1 aromatic heterocycles. The fourth-order valence-electron chi connectivity index (χ4n) is 1.11. The molecule has 1 rings (SSSR count). The first-order valence-corrected chi connectivity index (χ1v) is 5.36. The zero-order chi connectivity index (χ0) is 11.8. The van der Waals surface area contributed by atoms with Crippen LogP contribution in [-0.4, -0.2) is 17.5 Å². The summed E-state index contributed by atoms with van der Waals surface area (Å²) in [6.07, 6.45) is 3.50. The summed E-state index contributed by atoms with van der Waals surface area (Å²) in [4.78, 5) is 8.27. The van der Waals surface area contributed by atoms with Crippen LogP contribution in [0, 0.1) is 5.92 Å². The van der Waals surface area contributed by atoms with E-state index in [1.54, 1.807) is 12.4 Å². The molecule has 4 N–H and O–H groups in total. The molecule has 0 aliphatic rings. The quantitative estimate of drug-likeness (QED) is 0.302. The van der Waals surface area contributed by atoms with Gasteiger partial charge in [0.2, 0.25) is 5.96 Å². The van der Waals surface area contributed by atoms with Crippen molar-refractivity contribution in [3.63, 3.8) is 0 Å². The van der Waals surface area contributed by atoms with Gasteiger partial charge in [-0.3, -0.25) is 10.4 Å². The van der Waals surface area contributed by atoms with E-state index in [4.69, 9.17) is 5.84 Å². The van der Waals surface area contributed by atoms with Crippen LogP contribution in [0.5, 0.6) is 0 Å². The molecule has 1 aromatic rings. The van der Waals surface area contributed by atoms with E-state index in [1.165, 1.54) is 0 Å². The first kappa shape index (κ1) is 12.4. The summed E-state index contributed by atoms with van der Waals surface area (Å²) >= 11 is 0. The van der Waals surface area contributed by atoms with Crippen molar-refractivity contribution >= 4 is 5.96 Å². The molecular formula is C11H19N5. The van der Waals surface area contributed by atoms with Gasteiger partial charge in [-0.05, 0) is 23.6 Å². The lowest BCUT2D eigenvalue weighted by Crippen LogP contribution is -2.42. The third-order valence-corrected chi connectivity index (χ3v) is 1.98. The maximum atomic E-state index is 5.37. The maximum absolute atomic E-state index is 5.37. The average Bonchev–Trinajstić information content (AvgIpc) is 2.30. The molecule has 0 aliphatic heterocycles. The maximum Gasteiger partial charge on any atom is 0.206 e. The number of hydrazine groups is 1. The molecule has 0 radical (unpaired) electrons. The topological polar surface area (TPSA) is 75.3 Å². The Morgan fingerprint density at radius 1 is 1.44 bits per heavy atom. The van der Waals surface area contributed by atoms with E-state index in [0.29, 0.717) is 18.4 Å². The van der Waals surface area contributed by atoms with Gasteiger partial charge in [0.15, 0.2) is 0 Å². The van der Waals surface area contributed by atoms with Crippen LogP contribution in [0.25, 0.3) is 0 Å². The number of hydrogen-bond donors (Lipinski definition) is 3. The standard InChI is InChI=1S/C11H19N5/c1-9(2)7-14-11(16-12)15-8-10-3-5-13-6-4-10/h3-6,9H,7-8,12H2,1-2H3,(H2,14,15,16). The Balaban J connectivity index is 2.47. The van der Waals surface area contributed by atoms with Crippen LogP contribution < -0.4 is 16.6 Å². The van der Waals surface area contributed by atoms with Crippen molar-refractivity contribution < 1.29 is 0 Å². The number of aliphatic imine (C=N–C) groups is 1. The summed E-state index contributed by atoms with van der Waals surface area (Å²) in [5, 5.41) is 3.14. The van der Waals surface area contributed by atoms with Gasteiger partial charge in [0, 0.05) is 18.9 Å². The second kappa shape index (κ2) is 6.79. The Labute approximate surface area is 96.1 Å². The number of nitrogens with zero attached hydrogens (tertiary/aromatic N) is 2. The lowest BCUT2D eigenvalue weighted by atomic mass is 10.2. The van der Waals surface area contributed by atoms with Gasteiger partial charge in [-0.15, -0.1) is 0 Å². The Kier molecular flexibility index (Phi) is 5.28. The number of rotatable bonds is 4. The number of hydrogen-bond acceptors (Lipinski definition) is 3. The summed E-state index contributed by atoms with van der Waals surface area (Å²) in [6, 6.07) is 3.86. The number of guanidine groups is 1. The van der Waals surface area contributed by atoms with Crippen molar-refractivity contribution in [3.8, 4) is 0 Å². The molecule has 0 aromatic carbocycles. The van der Waals surface area contributed by atoms with Gasteiger partial charge in [0.25, 0.3) is 0 Å². The Bertz CT molecular complexity index is 320. The van der Waals surface area contributed by atoms with E-state index in [0.717, 1.165) is 12.1 Å². The van der Waals surface area contributed by atoms with Crippen LogP contribution >= 0.6 is 0 Å². The second-order valence-corrected chi connectivity index (χ2v) is 3.94. The SMILES string of the molecule is CC(C)CNC(=NCc1ccncc1)NN. The van der Waals surface area contributed by atoms with Gasteiger partial charge < -0.3 is 5.32 Å². The number of nitrogens with one attached hydrogen (secondary N) is 2. The molecule has 0 atom stereocenters. The van der Waals surface area contributed by atoms with Crippen molar-refractivity contribution in [1.82, 2.24) is 15.7 Å². The number of aromatic nitrogens is 1. The third-order valence-electron chi connectivity index (χ3n) is 1.98. The lowest BCUT2D eigenvalue weighted by molar-refractivity contribution is 0.615. The lowest BCUT2D eigenvalue weighted by Gasteiger charge is -2.10. The van der Waals surface area contributed by atoms with E-state index in [1.807, 2.05) is 12.1 Å². The molecule has 16 heavy (non-hydrogen) atoms. The highest BCUT2D eigenvalue weighted by Crippen LogP contribution is 1.97. The van der Waals surface area contributed by atoms with Crippen molar-refractivity contribution in [2.24, 2.45) is 16.8 Å². The first-order chi connectivity index (χ1) is 7.72. The average molecular weight is 221 g/mol. The Hall–Kier alpha value is -1.62.